The Morgan fingerprint density at radius 1 is 1.16 bits per heavy atom. The van der Waals surface area contributed by atoms with Gasteiger partial charge in [-0.3, -0.25) is 4.79 Å². The van der Waals surface area contributed by atoms with Gasteiger partial charge in [-0.2, -0.15) is 18.9 Å². The van der Waals surface area contributed by atoms with Crippen LogP contribution in [0.15, 0.2) is 35.5 Å². The summed E-state index contributed by atoms with van der Waals surface area (Å²) in [6.07, 6.45) is 1.47. The number of fused-ring (bicyclic) bond motifs is 1. The van der Waals surface area contributed by atoms with Gasteiger partial charge in [0.05, 0.1) is 17.9 Å². The number of piperazine rings is 1. The third kappa shape index (κ3) is 4.17. The lowest BCUT2D eigenvalue weighted by Crippen LogP contribution is -2.49. The molecule has 0 saturated carbocycles. The first-order valence-electron chi connectivity index (χ1n) is 10.5. The predicted octanol–water partition coefficient (Wildman–Crippen LogP) is 1.36. The van der Waals surface area contributed by atoms with E-state index in [1.165, 1.54) is 10.6 Å². The fourth-order valence-corrected chi connectivity index (χ4v) is 5.45. The fraction of sp³-hybridized carbons (Fsp3) is 0.429. The van der Waals surface area contributed by atoms with Crippen LogP contribution in [-0.4, -0.2) is 71.1 Å². The van der Waals surface area contributed by atoms with Gasteiger partial charge in [0.1, 0.15) is 12.1 Å². The van der Waals surface area contributed by atoms with E-state index in [4.69, 9.17) is 4.74 Å². The molecule has 1 fully saturated rings. The van der Waals surface area contributed by atoms with Crippen LogP contribution in [0.1, 0.15) is 23.7 Å². The molecule has 0 aliphatic carbocycles. The van der Waals surface area contributed by atoms with Crippen LogP contribution in [0.25, 0.3) is 5.78 Å². The molecular formula is C21H26N6O4S. The van der Waals surface area contributed by atoms with Gasteiger partial charge in [0.2, 0.25) is 10.0 Å². The summed E-state index contributed by atoms with van der Waals surface area (Å²) in [7, 11) is -3.58. The molecule has 0 unspecified atom stereocenters. The smallest absolute Gasteiger partial charge is 0.310 e. The number of sulfonamides is 1. The molecule has 1 aromatic carbocycles. The van der Waals surface area contributed by atoms with Crippen molar-refractivity contribution in [2.75, 3.05) is 37.7 Å². The van der Waals surface area contributed by atoms with Crippen LogP contribution in [0.2, 0.25) is 0 Å². The molecule has 3 heterocycles. The van der Waals surface area contributed by atoms with Gasteiger partial charge in [0, 0.05) is 37.4 Å². The number of nitrogens with zero attached hydrogens (tertiary/aromatic N) is 6. The zero-order chi connectivity index (χ0) is 22.9. The average Bonchev–Trinajstić information content (AvgIpc) is 3.22. The van der Waals surface area contributed by atoms with Gasteiger partial charge in [0.15, 0.2) is 0 Å². The monoisotopic (exact) mass is 458 g/mol. The Kier molecular flexibility index (Phi) is 6.11. The molecule has 0 atom stereocenters. The molecule has 3 aromatic rings. The molecule has 0 bridgehead atoms. The highest BCUT2D eigenvalue weighted by atomic mass is 32.2. The molecule has 32 heavy (non-hydrogen) atoms. The Morgan fingerprint density at radius 3 is 2.59 bits per heavy atom. The van der Waals surface area contributed by atoms with Crippen molar-refractivity contribution in [1.29, 1.82) is 0 Å². The summed E-state index contributed by atoms with van der Waals surface area (Å²) in [6.45, 7) is 7.26. The zero-order valence-corrected chi connectivity index (χ0v) is 19.2. The van der Waals surface area contributed by atoms with Crippen LogP contribution in [0.3, 0.4) is 0 Å². The summed E-state index contributed by atoms with van der Waals surface area (Å²) >= 11 is 0. The van der Waals surface area contributed by atoms with Crippen molar-refractivity contribution >= 4 is 27.6 Å². The SMILES string of the molecule is CCOC(=O)Cc1c(C)nc2ncnn2c1N1CCN(S(=O)(=O)c2cccc(C)c2)CC1. The maximum Gasteiger partial charge on any atom is 0.310 e. The Bertz CT molecular complexity index is 1250. The van der Waals surface area contributed by atoms with Crippen LogP contribution in [-0.2, 0) is 26.0 Å². The van der Waals surface area contributed by atoms with E-state index >= 15 is 0 Å². The number of carbonyl (C=O) groups is 1. The third-order valence-corrected chi connectivity index (χ3v) is 7.39. The molecule has 11 heteroatoms. The molecule has 0 N–H and O–H groups in total. The molecule has 4 rings (SSSR count). The molecule has 170 valence electrons. The molecule has 1 saturated heterocycles. The van der Waals surface area contributed by atoms with Crippen molar-refractivity contribution < 1.29 is 17.9 Å². The average molecular weight is 459 g/mol. The van der Waals surface area contributed by atoms with E-state index in [1.54, 1.807) is 29.6 Å². The Labute approximate surface area is 186 Å². The minimum Gasteiger partial charge on any atom is -0.466 e. The number of aryl methyl sites for hydroxylation is 2. The van der Waals surface area contributed by atoms with Gasteiger partial charge in [-0.05, 0) is 38.5 Å². The van der Waals surface area contributed by atoms with Crippen molar-refractivity contribution in [2.45, 2.75) is 32.1 Å². The van der Waals surface area contributed by atoms with Crippen molar-refractivity contribution in [1.82, 2.24) is 23.9 Å². The van der Waals surface area contributed by atoms with Crippen molar-refractivity contribution in [3.05, 3.63) is 47.4 Å². The lowest BCUT2D eigenvalue weighted by Gasteiger charge is -2.36. The second kappa shape index (κ2) is 8.83. The first kappa shape index (κ1) is 22.2. The first-order valence-corrected chi connectivity index (χ1v) is 11.9. The lowest BCUT2D eigenvalue weighted by molar-refractivity contribution is -0.142. The third-order valence-electron chi connectivity index (χ3n) is 5.50. The first-order chi connectivity index (χ1) is 15.3. The molecule has 1 aliphatic rings. The standard InChI is InChI=1S/C21H26N6O4S/c1-4-31-19(28)13-18-16(3)24-21-22-14-23-27(21)20(18)25-8-10-26(11-9-25)32(29,30)17-7-5-6-15(2)12-17/h5-7,12,14H,4,8-11,13H2,1-3H3. The maximum atomic E-state index is 13.1. The largest absolute Gasteiger partial charge is 0.466 e. The summed E-state index contributed by atoms with van der Waals surface area (Å²) in [5.74, 6) is 0.782. The number of hydrogen-bond acceptors (Lipinski definition) is 8. The molecule has 1 aliphatic heterocycles. The quantitative estimate of drug-likeness (QED) is 0.509. The van der Waals surface area contributed by atoms with Crippen LogP contribution >= 0.6 is 0 Å². The van der Waals surface area contributed by atoms with Crippen molar-refractivity contribution in [2.24, 2.45) is 0 Å². The Hall–Kier alpha value is -3.05. The van der Waals surface area contributed by atoms with E-state index in [-0.39, 0.29) is 12.4 Å². The lowest BCUT2D eigenvalue weighted by atomic mass is 10.1. The summed E-state index contributed by atoms with van der Waals surface area (Å²) in [6, 6.07) is 6.93. The summed E-state index contributed by atoms with van der Waals surface area (Å²) in [4.78, 5) is 23.2. The number of carbonyl (C=O) groups excluding carboxylic acids is 1. The van der Waals surface area contributed by atoms with E-state index in [1.807, 2.05) is 24.8 Å². The van der Waals surface area contributed by atoms with Crippen molar-refractivity contribution in [3.63, 3.8) is 0 Å². The highest BCUT2D eigenvalue weighted by molar-refractivity contribution is 7.89. The number of aromatic nitrogens is 4. The van der Waals surface area contributed by atoms with E-state index in [9.17, 15) is 13.2 Å². The minimum atomic E-state index is -3.58. The van der Waals surface area contributed by atoms with E-state index in [0.717, 1.165) is 5.56 Å². The number of esters is 1. The van der Waals surface area contributed by atoms with E-state index < -0.39 is 10.0 Å². The molecule has 0 amide bonds. The molecule has 10 nitrogen and oxygen atoms in total. The summed E-state index contributed by atoms with van der Waals surface area (Å²) in [5.41, 5.74) is 2.27. The number of hydrogen-bond donors (Lipinski definition) is 0. The van der Waals surface area contributed by atoms with Crippen LogP contribution in [0.5, 0.6) is 0 Å². The van der Waals surface area contributed by atoms with E-state index in [0.29, 0.717) is 60.5 Å². The molecule has 2 aromatic heterocycles. The molecule has 0 radical (unpaired) electrons. The van der Waals surface area contributed by atoms with Gasteiger partial charge in [-0.25, -0.2) is 13.4 Å². The summed E-state index contributed by atoms with van der Waals surface area (Å²) in [5, 5.41) is 4.29. The highest BCUT2D eigenvalue weighted by Crippen LogP contribution is 2.27. The summed E-state index contributed by atoms with van der Waals surface area (Å²) < 4.78 is 34.4. The van der Waals surface area contributed by atoms with E-state index in [2.05, 4.69) is 15.1 Å². The number of anilines is 1. The fourth-order valence-electron chi connectivity index (χ4n) is 3.92. The van der Waals surface area contributed by atoms with Gasteiger partial charge in [-0.15, -0.1) is 0 Å². The van der Waals surface area contributed by atoms with Crippen molar-refractivity contribution in [3.8, 4) is 0 Å². The highest BCUT2D eigenvalue weighted by Gasteiger charge is 2.31. The van der Waals surface area contributed by atoms with Gasteiger partial charge < -0.3 is 9.64 Å². The van der Waals surface area contributed by atoms with Gasteiger partial charge in [-0.1, -0.05) is 12.1 Å². The minimum absolute atomic E-state index is 0.0552. The number of rotatable bonds is 6. The van der Waals surface area contributed by atoms with Gasteiger partial charge in [0.25, 0.3) is 5.78 Å². The predicted molar refractivity (Wildman–Crippen MR) is 118 cm³/mol. The Balaban J connectivity index is 1.62. The Morgan fingerprint density at radius 2 is 1.91 bits per heavy atom. The topological polar surface area (TPSA) is 110 Å². The second-order valence-corrected chi connectivity index (χ2v) is 9.60. The zero-order valence-electron chi connectivity index (χ0n) is 18.4. The van der Waals surface area contributed by atoms with Crippen LogP contribution in [0, 0.1) is 13.8 Å². The molecule has 0 spiro atoms. The maximum absolute atomic E-state index is 13.1. The van der Waals surface area contributed by atoms with Crippen LogP contribution in [0.4, 0.5) is 5.82 Å². The number of benzene rings is 1. The normalized spacial score (nSPS) is 15.3. The van der Waals surface area contributed by atoms with Crippen LogP contribution < -0.4 is 4.90 Å². The second-order valence-electron chi connectivity index (χ2n) is 7.66. The number of ether oxygens (including phenoxy) is 1. The molecular weight excluding hydrogens is 432 g/mol. The van der Waals surface area contributed by atoms with Gasteiger partial charge >= 0.3 is 5.97 Å².